The Balaban J connectivity index is 1.59. The summed E-state index contributed by atoms with van der Waals surface area (Å²) in [5.74, 6) is 1.25. The Labute approximate surface area is 164 Å². The van der Waals surface area contributed by atoms with Crippen molar-refractivity contribution in [1.29, 1.82) is 0 Å². The molecule has 0 saturated heterocycles. The number of cyclic esters (lactones) is 1. The molecule has 0 spiro atoms. The molecule has 3 aromatic carbocycles. The average molecular weight is 420 g/mol. The van der Waals surface area contributed by atoms with Gasteiger partial charge in [-0.1, -0.05) is 52.3 Å². The molecule has 0 bridgehead atoms. The first-order chi connectivity index (χ1) is 13.2. The highest BCUT2D eigenvalue weighted by Gasteiger charge is 2.24. The number of para-hydroxylation sites is 1. The molecule has 0 unspecified atom stereocenters. The maximum atomic E-state index is 12.2. The standard InChI is InChI=1S/C22H14BrNO3/c23-17-8-5-7-16(14-17)21-24-20(22(25)27-21)13-15-6-4-11-19(12-15)26-18-9-2-1-3-10-18/h1-14H. The van der Waals surface area contributed by atoms with Gasteiger partial charge >= 0.3 is 5.97 Å². The van der Waals surface area contributed by atoms with Gasteiger partial charge in [-0.05, 0) is 54.1 Å². The van der Waals surface area contributed by atoms with Crippen LogP contribution in [0.15, 0.2) is 94.0 Å². The third-order valence-corrected chi connectivity index (χ3v) is 4.33. The van der Waals surface area contributed by atoms with Crippen LogP contribution in [0.5, 0.6) is 11.5 Å². The lowest BCUT2D eigenvalue weighted by Crippen LogP contribution is -2.05. The molecule has 1 aliphatic heterocycles. The van der Waals surface area contributed by atoms with Crippen molar-refractivity contribution in [2.75, 3.05) is 0 Å². The van der Waals surface area contributed by atoms with E-state index in [1.807, 2.05) is 78.9 Å². The lowest BCUT2D eigenvalue weighted by atomic mass is 10.2. The van der Waals surface area contributed by atoms with Crippen LogP contribution in [0.25, 0.3) is 6.08 Å². The number of hydrogen-bond acceptors (Lipinski definition) is 4. The normalized spacial score (nSPS) is 14.8. The van der Waals surface area contributed by atoms with Crippen molar-refractivity contribution in [3.05, 3.63) is 100 Å². The first-order valence-electron chi connectivity index (χ1n) is 8.29. The Kier molecular flexibility index (Phi) is 4.85. The highest BCUT2D eigenvalue weighted by molar-refractivity contribution is 9.10. The topological polar surface area (TPSA) is 47.9 Å². The van der Waals surface area contributed by atoms with Crippen molar-refractivity contribution in [2.45, 2.75) is 0 Å². The summed E-state index contributed by atoms with van der Waals surface area (Å²) in [7, 11) is 0. The van der Waals surface area contributed by atoms with Crippen molar-refractivity contribution < 1.29 is 14.3 Å². The van der Waals surface area contributed by atoms with Crippen molar-refractivity contribution >= 4 is 33.9 Å². The summed E-state index contributed by atoms with van der Waals surface area (Å²) in [5.41, 5.74) is 1.79. The van der Waals surface area contributed by atoms with E-state index in [-0.39, 0.29) is 5.70 Å². The van der Waals surface area contributed by atoms with E-state index in [0.717, 1.165) is 21.3 Å². The number of hydrogen-bond donors (Lipinski definition) is 0. The molecule has 0 radical (unpaired) electrons. The van der Waals surface area contributed by atoms with Crippen LogP contribution in [0.3, 0.4) is 0 Å². The van der Waals surface area contributed by atoms with Gasteiger partial charge < -0.3 is 9.47 Å². The van der Waals surface area contributed by atoms with Gasteiger partial charge in [-0.2, -0.15) is 0 Å². The minimum absolute atomic E-state index is 0.252. The maximum absolute atomic E-state index is 12.2. The van der Waals surface area contributed by atoms with Crippen molar-refractivity contribution in [1.82, 2.24) is 0 Å². The molecule has 1 heterocycles. The summed E-state index contributed by atoms with van der Waals surface area (Å²) >= 11 is 3.40. The van der Waals surface area contributed by atoms with Gasteiger partial charge in [0.2, 0.25) is 5.90 Å². The maximum Gasteiger partial charge on any atom is 0.363 e. The number of halogens is 1. The van der Waals surface area contributed by atoms with Crippen molar-refractivity contribution in [2.24, 2.45) is 4.99 Å². The van der Waals surface area contributed by atoms with Crippen LogP contribution in [0.1, 0.15) is 11.1 Å². The second-order valence-electron chi connectivity index (χ2n) is 5.83. The molecule has 5 heteroatoms. The highest BCUT2D eigenvalue weighted by atomic mass is 79.9. The van der Waals surface area contributed by atoms with Gasteiger partial charge in [0.1, 0.15) is 11.5 Å². The monoisotopic (exact) mass is 419 g/mol. The molecule has 132 valence electrons. The van der Waals surface area contributed by atoms with Gasteiger partial charge in [0.05, 0.1) is 0 Å². The zero-order chi connectivity index (χ0) is 18.6. The molecule has 0 amide bonds. The second kappa shape index (κ2) is 7.60. The molecule has 4 nitrogen and oxygen atoms in total. The van der Waals surface area contributed by atoms with Crippen LogP contribution < -0.4 is 4.74 Å². The van der Waals surface area contributed by atoms with E-state index in [9.17, 15) is 4.79 Å². The summed E-state index contributed by atoms with van der Waals surface area (Å²) in [4.78, 5) is 16.5. The third-order valence-electron chi connectivity index (χ3n) is 3.83. The van der Waals surface area contributed by atoms with Crippen LogP contribution in [-0.2, 0) is 9.53 Å². The largest absolute Gasteiger partial charge is 0.457 e. The smallest absolute Gasteiger partial charge is 0.363 e. The minimum atomic E-state index is -0.473. The Bertz CT molecular complexity index is 1060. The molecule has 0 fully saturated rings. The van der Waals surface area contributed by atoms with E-state index in [2.05, 4.69) is 20.9 Å². The zero-order valence-corrected chi connectivity index (χ0v) is 15.7. The number of aliphatic imine (C=N–C) groups is 1. The zero-order valence-electron chi connectivity index (χ0n) is 14.1. The lowest BCUT2D eigenvalue weighted by Gasteiger charge is -2.05. The van der Waals surface area contributed by atoms with Crippen molar-refractivity contribution in [3.63, 3.8) is 0 Å². The third kappa shape index (κ3) is 4.15. The first-order valence-corrected chi connectivity index (χ1v) is 9.08. The van der Waals surface area contributed by atoms with Gasteiger partial charge in [0.15, 0.2) is 5.70 Å². The SMILES string of the molecule is O=C1OC(c2cccc(Br)c2)=NC1=Cc1cccc(Oc2ccccc2)c1. The summed E-state index contributed by atoms with van der Waals surface area (Å²) in [6.07, 6.45) is 1.69. The van der Waals surface area contributed by atoms with E-state index < -0.39 is 5.97 Å². The fourth-order valence-corrected chi connectivity index (χ4v) is 3.00. The number of rotatable bonds is 4. The fraction of sp³-hybridized carbons (Fsp3) is 0. The molecule has 1 aliphatic rings. The lowest BCUT2D eigenvalue weighted by molar-refractivity contribution is -0.129. The molecule has 27 heavy (non-hydrogen) atoms. The quantitative estimate of drug-likeness (QED) is 0.409. The van der Waals surface area contributed by atoms with E-state index in [0.29, 0.717) is 11.6 Å². The molecular weight excluding hydrogens is 406 g/mol. The van der Waals surface area contributed by atoms with Crippen molar-refractivity contribution in [3.8, 4) is 11.5 Å². The van der Waals surface area contributed by atoms with Gasteiger partial charge in [0, 0.05) is 10.0 Å². The van der Waals surface area contributed by atoms with Crippen LogP contribution in [0.2, 0.25) is 0 Å². The average Bonchev–Trinajstić information content (AvgIpc) is 3.03. The number of carbonyl (C=O) groups excluding carboxylic acids is 1. The predicted octanol–water partition coefficient (Wildman–Crippen LogP) is 5.59. The molecular formula is C22H14BrNO3. The molecule has 3 aromatic rings. The fourth-order valence-electron chi connectivity index (χ4n) is 2.60. The summed E-state index contributed by atoms with van der Waals surface area (Å²) in [5, 5.41) is 0. The van der Waals surface area contributed by atoms with Gasteiger partial charge in [0.25, 0.3) is 0 Å². The Morgan fingerprint density at radius 2 is 1.67 bits per heavy atom. The Hall–Kier alpha value is -3.18. The summed E-state index contributed by atoms with van der Waals surface area (Å²) in [6.45, 7) is 0. The number of esters is 1. The highest BCUT2D eigenvalue weighted by Crippen LogP contribution is 2.25. The van der Waals surface area contributed by atoms with Crippen LogP contribution in [0, 0.1) is 0 Å². The molecule has 0 saturated carbocycles. The Morgan fingerprint density at radius 1 is 0.889 bits per heavy atom. The first kappa shape index (κ1) is 17.2. The Morgan fingerprint density at radius 3 is 2.48 bits per heavy atom. The van der Waals surface area contributed by atoms with Crippen LogP contribution in [0.4, 0.5) is 0 Å². The van der Waals surface area contributed by atoms with E-state index >= 15 is 0 Å². The van der Waals surface area contributed by atoms with Gasteiger partial charge in [-0.15, -0.1) is 0 Å². The molecule has 0 N–H and O–H groups in total. The van der Waals surface area contributed by atoms with E-state index in [1.54, 1.807) is 6.08 Å². The second-order valence-corrected chi connectivity index (χ2v) is 6.75. The number of benzene rings is 3. The van der Waals surface area contributed by atoms with E-state index in [1.165, 1.54) is 0 Å². The number of carbonyl (C=O) groups is 1. The van der Waals surface area contributed by atoms with Crippen LogP contribution >= 0.6 is 15.9 Å². The van der Waals surface area contributed by atoms with Gasteiger partial charge in [-0.3, -0.25) is 0 Å². The minimum Gasteiger partial charge on any atom is -0.457 e. The molecule has 0 atom stereocenters. The molecule has 0 aromatic heterocycles. The predicted molar refractivity (Wildman–Crippen MR) is 108 cm³/mol. The number of ether oxygens (including phenoxy) is 2. The summed E-state index contributed by atoms with van der Waals surface area (Å²) in [6, 6.07) is 24.4. The molecule has 0 aliphatic carbocycles. The van der Waals surface area contributed by atoms with E-state index in [4.69, 9.17) is 9.47 Å². The van der Waals surface area contributed by atoms with Crippen LogP contribution in [-0.4, -0.2) is 11.9 Å². The number of nitrogens with zero attached hydrogens (tertiary/aromatic N) is 1. The summed E-state index contributed by atoms with van der Waals surface area (Å²) < 4.78 is 12.0. The van der Waals surface area contributed by atoms with Gasteiger partial charge in [-0.25, -0.2) is 9.79 Å². The molecule has 4 rings (SSSR count).